The van der Waals surface area contributed by atoms with Crippen LogP contribution < -0.4 is 23.7 Å². The molecule has 1 atom stereocenters. The van der Waals surface area contributed by atoms with E-state index in [-0.39, 0.29) is 46.1 Å². The molecular formula is C34H28O10. The molecule has 10 nitrogen and oxygen atoms in total. The summed E-state index contributed by atoms with van der Waals surface area (Å²) >= 11 is 0. The first kappa shape index (κ1) is 28.6. The number of ether oxygens (including phenoxy) is 5. The van der Waals surface area contributed by atoms with Crippen LogP contribution in [-0.2, 0) is 0 Å². The van der Waals surface area contributed by atoms with Gasteiger partial charge < -0.3 is 39.0 Å². The molecule has 3 aliphatic rings. The van der Waals surface area contributed by atoms with Crippen LogP contribution >= 0.6 is 0 Å². The second-order valence-electron chi connectivity index (χ2n) is 10.4. The van der Waals surface area contributed by atoms with E-state index in [1.54, 1.807) is 52.5 Å². The molecule has 4 aromatic rings. The molecule has 2 heterocycles. The van der Waals surface area contributed by atoms with Crippen molar-refractivity contribution in [3.05, 3.63) is 99.6 Å². The molecule has 44 heavy (non-hydrogen) atoms. The van der Waals surface area contributed by atoms with Gasteiger partial charge in [-0.3, -0.25) is 9.59 Å². The number of methoxy groups -OCH3 is 3. The zero-order valence-electron chi connectivity index (χ0n) is 24.3. The number of phenolic OH excluding ortho intramolecular Hbond substituents is 2. The predicted molar refractivity (Wildman–Crippen MR) is 159 cm³/mol. The number of phenols is 2. The van der Waals surface area contributed by atoms with Crippen molar-refractivity contribution < 1.29 is 48.6 Å². The Bertz CT molecular complexity index is 1890. The number of rotatable bonds is 3. The third-order valence-electron chi connectivity index (χ3n) is 7.67. The van der Waals surface area contributed by atoms with Gasteiger partial charge in [-0.1, -0.05) is 12.1 Å². The zero-order chi connectivity index (χ0) is 31.3. The normalized spacial score (nSPS) is 17.1. The Labute approximate surface area is 252 Å². The second-order valence-corrected chi connectivity index (χ2v) is 10.4. The molecule has 0 spiro atoms. The van der Waals surface area contributed by atoms with Crippen LogP contribution in [0.3, 0.4) is 0 Å². The summed E-state index contributed by atoms with van der Waals surface area (Å²) < 4.78 is 27.5. The fourth-order valence-electron chi connectivity index (χ4n) is 5.54. The minimum atomic E-state index is -1.58. The summed E-state index contributed by atoms with van der Waals surface area (Å²) in [5.74, 6) is -0.0329. The van der Waals surface area contributed by atoms with Gasteiger partial charge in [-0.15, -0.1) is 0 Å². The van der Waals surface area contributed by atoms with Crippen molar-refractivity contribution in [2.45, 2.75) is 12.7 Å². The van der Waals surface area contributed by atoms with Crippen molar-refractivity contribution in [2.24, 2.45) is 0 Å². The molecule has 0 amide bonds. The molecule has 1 unspecified atom stereocenters. The zero-order valence-corrected chi connectivity index (χ0v) is 24.3. The van der Waals surface area contributed by atoms with Crippen molar-refractivity contribution >= 4 is 23.2 Å². The number of benzene rings is 4. The Hall–Kier alpha value is -5.48. The fraction of sp³-hybridized carbons (Fsp3) is 0.176. The minimum Gasteiger partial charge on any atom is -0.507 e. The Balaban J connectivity index is 0.000000162. The van der Waals surface area contributed by atoms with Crippen LogP contribution in [0.25, 0.3) is 11.6 Å². The molecule has 0 saturated heterocycles. The lowest BCUT2D eigenvalue weighted by atomic mass is 9.82. The second kappa shape index (κ2) is 10.7. The molecule has 0 aromatic heterocycles. The van der Waals surface area contributed by atoms with Crippen LogP contribution in [0.1, 0.15) is 48.5 Å². The smallest absolute Gasteiger partial charge is 0.270 e. The maximum atomic E-state index is 12.3. The van der Waals surface area contributed by atoms with Crippen molar-refractivity contribution in [3.8, 4) is 40.2 Å². The van der Waals surface area contributed by atoms with Gasteiger partial charge >= 0.3 is 0 Å². The highest BCUT2D eigenvalue weighted by Gasteiger charge is 2.44. The maximum absolute atomic E-state index is 12.3. The van der Waals surface area contributed by atoms with E-state index in [9.17, 15) is 24.9 Å². The predicted octanol–water partition coefficient (Wildman–Crippen LogP) is 4.91. The van der Waals surface area contributed by atoms with Crippen LogP contribution in [0.15, 0.2) is 60.7 Å². The quantitative estimate of drug-likeness (QED) is 0.263. The maximum Gasteiger partial charge on any atom is 0.270 e. The van der Waals surface area contributed by atoms with Gasteiger partial charge in [0.2, 0.25) is 5.78 Å². The molecule has 0 saturated carbocycles. The van der Waals surface area contributed by atoms with Crippen LogP contribution in [0.2, 0.25) is 0 Å². The molecule has 0 bridgehead atoms. The van der Waals surface area contributed by atoms with Crippen LogP contribution in [0, 0.1) is 6.92 Å². The van der Waals surface area contributed by atoms with Crippen LogP contribution in [0.5, 0.6) is 40.2 Å². The van der Waals surface area contributed by atoms with E-state index < -0.39 is 11.6 Å². The number of aryl methyl sites for hydroxylation is 1. The van der Waals surface area contributed by atoms with Crippen molar-refractivity contribution in [3.63, 3.8) is 0 Å². The lowest BCUT2D eigenvalue weighted by Crippen LogP contribution is -2.47. The fourth-order valence-corrected chi connectivity index (χ4v) is 5.54. The van der Waals surface area contributed by atoms with E-state index in [0.29, 0.717) is 45.4 Å². The van der Waals surface area contributed by atoms with E-state index in [1.165, 1.54) is 24.3 Å². The lowest BCUT2D eigenvalue weighted by Gasteiger charge is -2.39. The summed E-state index contributed by atoms with van der Waals surface area (Å²) in [5, 5.41) is 30.7. The Morgan fingerprint density at radius 1 is 0.750 bits per heavy atom. The highest BCUT2D eigenvalue weighted by molar-refractivity contribution is 6.30. The first-order chi connectivity index (χ1) is 21.1. The third kappa shape index (κ3) is 4.56. The molecule has 2 aliphatic heterocycles. The van der Waals surface area contributed by atoms with E-state index in [0.717, 1.165) is 5.56 Å². The monoisotopic (exact) mass is 596 g/mol. The van der Waals surface area contributed by atoms with E-state index in [4.69, 9.17) is 23.7 Å². The topological polar surface area (TPSA) is 141 Å². The molecule has 4 aromatic carbocycles. The standard InChI is InChI=1S/C19H18O6.C15H10O4/c1-21-12-5-4-11-6-14-13-8-17(22-2)18(23-3)9-16(13)24-10-19(14,20)25-15(11)7-12;1-7-5-9-13(11(17)6-7)15(19)12-8(14(9)18)3-2-4-10(12)16/h4-9,20H,10H2,1-3H3;2-6,16-17H,1H3. The molecule has 1 aliphatic carbocycles. The number of carbonyl (C=O) groups is 2. The molecule has 3 N–H and O–H groups in total. The van der Waals surface area contributed by atoms with E-state index in [1.807, 2.05) is 18.2 Å². The number of aliphatic hydroxyl groups is 1. The van der Waals surface area contributed by atoms with Gasteiger partial charge in [0.05, 0.1) is 32.5 Å². The number of ketones is 2. The molecular weight excluding hydrogens is 568 g/mol. The Kier molecular flexibility index (Phi) is 6.94. The molecule has 10 heteroatoms. The molecule has 224 valence electrons. The van der Waals surface area contributed by atoms with Gasteiger partial charge in [-0.25, -0.2) is 0 Å². The highest BCUT2D eigenvalue weighted by Crippen LogP contribution is 2.49. The SMILES string of the molecule is COc1ccc2c(c1)OC1(O)COc3cc(OC)c(OC)cc3C1=C2.Cc1cc(O)c2c(c1)C(=O)c1cccc(O)c1C2=O. The summed E-state index contributed by atoms with van der Waals surface area (Å²) in [6.45, 7) is 1.70. The number of aromatic hydroxyl groups is 2. The van der Waals surface area contributed by atoms with Gasteiger partial charge in [-0.05, 0) is 55.0 Å². The first-order valence-corrected chi connectivity index (χ1v) is 13.5. The highest BCUT2D eigenvalue weighted by atomic mass is 16.7. The minimum absolute atomic E-state index is 0.0298. The average Bonchev–Trinajstić information content (AvgIpc) is 3.01. The summed E-state index contributed by atoms with van der Waals surface area (Å²) in [6.07, 6.45) is 1.89. The molecule has 0 fully saturated rings. The van der Waals surface area contributed by atoms with Crippen LogP contribution in [0.4, 0.5) is 0 Å². The summed E-state index contributed by atoms with van der Waals surface area (Å²) in [4.78, 5) is 24.7. The summed E-state index contributed by atoms with van der Waals surface area (Å²) in [7, 11) is 4.71. The number of fused-ring (bicyclic) bond motifs is 6. The van der Waals surface area contributed by atoms with Gasteiger partial charge in [0, 0.05) is 40.0 Å². The van der Waals surface area contributed by atoms with E-state index in [2.05, 4.69) is 0 Å². The summed E-state index contributed by atoms with van der Waals surface area (Å²) in [6, 6.07) is 16.4. The largest absolute Gasteiger partial charge is 0.507 e. The third-order valence-corrected chi connectivity index (χ3v) is 7.67. The Morgan fingerprint density at radius 2 is 1.48 bits per heavy atom. The Morgan fingerprint density at radius 3 is 2.20 bits per heavy atom. The number of hydrogen-bond acceptors (Lipinski definition) is 10. The van der Waals surface area contributed by atoms with Crippen molar-refractivity contribution in [1.82, 2.24) is 0 Å². The van der Waals surface area contributed by atoms with Gasteiger partial charge in [0.15, 0.2) is 23.9 Å². The van der Waals surface area contributed by atoms with Gasteiger partial charge in [0.25, 0.3) is 5.79 Å². The number of hydrogen-bond donors (Lipinski definition) is 3. The van der Waals surface area contributed by atoms with Crippen LogP contribution in [-0.4, -0.2) is 60.6 Å². The average molecular weight is 597 g/mol. The van der Waals surface area contributed by atoms with Gasteiger partial charge in [-0.2, -0.15) is 0 Å². The first-order valence-electron chi connectivity index (χ1n) is 13.5. The molecule has 0 radical (unpaired) electrons. The van der Waals surface area contributed by atoms with Crippen molar-refractivity contribution in [2.75, 3.05) is 27.9 Å². The van der Waals surface area contributed by atoms with Crippen molar-refractivity contribution in [1.29, 1.82) is 0 Å². The molecule has 7 rings (SSSR count). The lowest BCUT2D eigenvalue weighted by molar-refractivity contribution is -0.116. The number of carbonyl (C=O) groups excluding carboxylic acids is 2. The van der Waals surface area contributed by atoms with E-state index >= 15 is 0 Å². The van der Waals surface area contributed by atoms with Gasteiger partial charge in [0.1, 0.15) is 28.7 Å². The summed E-state index contributed by atoms with van der Waals surface area (Å²) in [5.41, 5.74) is 3.14.